The highest BCUT2D eigenvalue weighted by atomic mass is 32.2. The first-order valence-electron chi connectivity index (χ1n) is 3.79. The molecule has 1 rings (SSSR count). The zero-order chi connectivity index (χ0) is 9.68. The van der Waals surface area contributed by atoms with E-state index in [9.17, 15) is 9.35 Å². The summed E-state index contributed by atoms with van der Waals surface area (Å²) in [6.45, 7) is 0. The third kappa shape index (κ3) is 3.05. The van der Waals surface area contributed by atoms with Gasteiger partial charge >= 0.3 is 0 Å². The highest BCUT2D eigenvalue weighted by Gasteiger charge is 2.01. The molecule has 3 heteroatoms. The van der Waals surface area contributed by atoms with E-state index in [4.69, 9.17) is 0 Å². The first-order chi connectivity index (χ1) is 6.24. The van der Waals surface area contributed by atoms with Crippen LogP contribution >= 0.6 is 0 Å². The van der Waals surface area contributed by atoms with Gasteiger partial charge < -0.3 is 4.55 Å². The number of benzene rings is 1. The summed E-state index contributed by atoms with van der Waals surface area (Å²) in [6.07, 6.45) is 5.50. The quantitative estimate of drug-likeness (QED) is 0.417. The van der Waals surface area contributed by atoms with Crippen LogP contribution in [0.25, 0.3) is 6.08 Å². The maximum absolute atomic E-state index is 11.0. The molecule has 2 nitrogen and oxygen atoms in total. The highest BCUT2D eigenvalue weighted by Crippen LogP contribution is 2.10. The van der Waals surface area contributed by atoms with Crippen LogP contribution in [0, 0.1) is 0 Å². The largest absolute Gasteiger partial charge is 0.612 e. The van der Waals surface area contributed by atoms with E-state index in [2.05, 4.69) is 0 Å². The van der Waals surface area contributed by atoms with Crippen molar-refractivity contribution < 1.29 is 9.35 Å². The topological polar surface area (TPSA) is 40.1 Å². The Labute approximate surface area is 80.5 Å². The number of rotatable bonds is 3. The molecule has 0 saturated heterocycles. The predicted octanol–water partition coefficient (Wildman–Crippen LogP) is 1.64. The molecule has 1 atom stereocenters. The molecule has 0 heterocycles. The van der Waals surface area contributed by atoms with Crippen molar-refractivity contribution in [2.24, 2.45) is 0 Å². The molecule has 1 aromatic carbocycles. The second kappa shape index (κ2) is 4.84. The lowest BCUT2D eigenvalue weighted by Crippen LogP contribution is -1.96. The summed E-state index contributed by atoms with van der Waals surface area (Å²) in [5, 5.41) is 0. The molecule has 68 valence electrons. The Kier molecular flexibility index (Phi) is 3.73. The standard InChI is InChI=1S/C10H10O2S/c1-13(12)10-6-4-9(5-7-10)3-2-8-11/h2-8H,1H3/b3-2+. The van der Waals surface area contributed by atoms with Crippen molar-refractivity contribution in [1.82, 2.24) is 0 Å². The molecule has 0 aliphatic rings. The number of carbonyl (C=O) groups is 1. The van der Waals surface area contributed by atoms with Gasteiger partial charge in [0.25, 0.3) is 0 Å². The molecule has 0 fully saturated rings. The first kappa shape index (κ1) is 10.0. The van der Waals surface area contributed by atoms with E-state index in [0.717, 1.165) is 16.7 Å². The molecule has 0 aliphatic heterocycles. The van der Waals surface area contributed by atoms with Gasteiger partial charge in [0.2, 0.25) is 0 Å². The molecule has 0 amide bonds. The molecule has 1 unspecified atom stereocenters. The fourth-order valence-electron chi connectivity index (χ4n) is 0.921. The Hall–Kier alpha value is -1.06. The number of hydrogen-bond acceptors (Lipinski definition) is 2. The summed E-state index contributed by atoms with van der Waals surface area (Å²) >= 11 is -0.937. The molecular formula is C10H10O2S. The molecule has 13 heavy (non-hydrogen) atoms. The third-order valence-electron chi connectivity index (χ3n) is 1.58. The average molecular weight is 194 g/mol. The van der Waals surface area contributed by atoms with E-state index in [0.29, 0.717) is 0 Å². The van der Waals surface area contributed by atoms with Crippen molar-refractivity contribution in [3.05, 3.63) is 35.9 Å². The molecular weight excluding hydrogens is 184 g/mol. The third-order valence-corrected chi connectivity index (χ3v) is 2.52. The number of aldehydes is 1. The van der Waals surface area contributed by atoms with Crippen LogP contribution in [0.3, 0.4) is 0 Å². The number of hydrogen-bond donors (Lipinski definition) is 0. The van der Waals surface area contributed by atoms with Crippen LogP contribution in [0.15, 0.2) is 35.2 Å². The van der Waals surface area contributed by atoms with E-state index in [1.807, 2.05) is 12.1 Å². The second-order valence-corrected chi connectivity index (χ2v) is 3.90. The van der Waals surface area contributed by atoms with Gasteiger partial charge in [-0.3, -0.25) is 4.79 Å². The molecule has 0 bridgehead atoms. The highest BCUT2D eigenvalue weighted by molar-refractivity contribution is 7.90. The molecule has 0 aromatic heterocycles. The van der Waals surface area contributed by atoms with E-state index in [-0.39, 0.29) is 0 Å². The van der Waals surface area contributed by atoms with Gasteiger partial charge in [0.05, 0.1) is 0 Å². The monoisotopic (exact) mass is 194 g/mol. The Balaban J connectivity index is 2.81. The smallest absolute Gasteiger partial charge is 0.152 e. The van der Waals surface area contributed by atoms with Crippen LogP contribution in [-0.2, 0) is 16.0 Å². The zero-order valence-corrected chi connectivity index (χ0v) is 8.08. The fourth-order valence-corrected chi connectivity index (χ4v) is 1.44. The summed E-state index contributed by atoms with van der Waals surface area (Å²) in [4.78, 5) is 10.8. The van der Waals surface area contributed by atoms with Crippen molar-refractivity contribution in [2.45, 2.75) is 4.90 Å². The van der Waals surface area contributed by atoms with Gasteiger partial charge in [-0.2, -0.15) is 0 Å². The molecule has 0 saturated carbocycles. The lowest BCUT2D eigenvalue weighted by atomic mass is 10.2. The molecule has 0 aliphatic carbocycles. The van der Waals surface area contributed by atoms with Gasteiger partial charge in [0, 0.05) is 0 Å². The fraction of sp³-hybridized carbons (Fsp3) is 0.100. The van der Waals surface area contributed by atoms with Gasteiger partial charge in [-0.1, -0.05) is 6.08 Å². The van der Waals surface area contributed by atoms with Crippen LogP contribution in [-0.4, -0.2) is 17.1 Å². The molecule has 0 N–H and O–H groups in total. The van der Waals surface area contributed by atoms with E-state index >= 15 is 0 Å². The summed E-state index contributed by atoms with van der Waals surface area (Å²) in [5.74, 6) is 0. The lowest BCUT2D eigenvalue weighted by Gasteiger charge is -2.03. The predicted molar refractivity (Wildman–Crippen MR) is 53.9 cm³/mol. The Morgan fingerprint density at radius 1 is 1.31 bits per heavy atom. The lowest BCUT2D eigenvalue weighted by molar-refractivity contribution is -0.104. The maximum atomic E-state index is 11.0. The Bertz CT molecular complexity index is 301. The van der Waals surface area contributed by atoms with Crippen LogP contribution < -0.4 is 0 Å². The van der Waals surface area contributed by atoms with Gasteiger partial charge in [0.1, 0.15) is 12.5 Å². The number of allylic oxidation sites excluding steroid dienone is 1. The van der Waals surface area contributed by atoms with Crippen LogP contribution in [0.5, 0.6) is 0 Å². The second-order valence-electron chi connectivity index (χ2n) is 2.52. The number of carbonyl (C=O) groups excluding carboxylic acids is 1. The van der Waals surface area contributed by atoms with Crippen molar-refractivity contribution in [1.29, 1.82) is 0 Å². The Morgan fingerprint density at radius 3 is 2.38 bits per heavy atom. The van der Waals surface area contributed by atoms with Gasteiger partial charge in [-0.05, 0) is 47.1 Å². The SMILES string of the molecule is C[S+]([O-])c1ccc(/C=C/C=O)cc1. The Morgan fingerprint density at radius 2 is 1.92 bits per heavy atom. The van der Waals surface area contributed by atoms with E-state index in [1.165, 1.54) is 6.08 Å². The minimum absolute atomic E-state index is 0.728. The van der Waals surface area contributed by atoms with E-state index < -0.39 is 11.2 Å². The maximum Gasteiger partial charge on any atom is 0.152 e. The summed E-state index contributed by atoms with van der Waals surface area (Å²) in [6, 6.07) is 7.24. The minimum atomic E-state index is -0.937. The molecule has 0 radical (unpaired) electrons. The van der Waals surface area contributed by atoms with Crippen molar-refractivity contribution in [2.75, 3.05) is 6.26 Å². The van der Waals surface area contributed by atoms with Gasteiger partial charge in [-0.25, -0.2) is 0 Å². The van der Waals surface area contributed by atoms with Crippen molar-refractivity contribution >= 4 is 23.5 Å². The van der Waals surface area contributed by atoms with Crippen molar-refractivity contribution in [3.8, 4) is 0 Å². The summed E-state index contributed by atoms with van der Waals surface area (Å²) < 4.78 is 11.0. The van der Waals surface area contributed by atoms with Crippen molar-refractivity contribution in [3.63, 3.8) is 0 Å². The molecule has 0 spiro atoms. The normalized spacial score (nSPS) is 13.1. The first-order valence-corrected chi connectivity index (χ1v) is 5.35. The summed E-state index contributed by atoms with van der Waals surface area (Å²) in [5.41, 5.74) is 0.932. The minimum Gasteiger partial charge on any atom is -0.612 e. The van der Waals surface area contributed by atoms with Gasteiger partial charge in [-0.15, -0.1) is 0 Å². The van der Waals surface area contributed by atoms with Crippen LogP contribution in [0.1, 0.15) is 5.56 Å². The van der Waals surface area contributed by atoms with Crippen LogP contribution in [0.4, 0.5) is 0 Å². The van der Waals surface area contributed by atoms with Crippen LogP contribution in [0.2, 0.25) is 0 Å². The zero-order valence-electron chi connectivity index (χ0n) is 7.27. The van der Waals surface area contributed by atoms with E-state index in [1.54, 1.807) is 24.5 Å². The average Bonchev–Trinajstić information content (AvgIpc) is 2.15. The molecule has 1 aromatic rings. The van der Waals surface area contributed by atoms with Gasteiger partial charge in [0.15, 0.2) is 4.90 Å². The summed E-state index contributed by atoms with van der Waals surface area (Å²) in [7, 11) is 0.